The van der Waals surface area contributed by atoms with E-state index in [-0.39, 0.29) is 5.88 Å². The van der Waals surface area contributed by atoms with E-state index in [2.05, 4.69) is 140 Å². The van der Waals surface area contributed by atoms with Crippen molar-refractivity contribution in [3.8, 4) is 44.5 Å². The normalized spacial score (nSPS) is 11.8. The van der Waals surface area contributed by atoms with Crippen LogP contribution in [0.15, 0.2) is 181 Å². The maximum absolute atomic E-state index is 10.7. The molecule has 45 heavy (non-hydrogen) atoms. The van der Waals surface area contributed by atoms with Crippen molar-refractivity contribution in [2.24, 2.45) is 4.99 Å². The third-order valence-electron chi connectivity index (χ3n) is 7.90. The highest BCUT2D eigenvalue weighted by molar-refractivity contribution is 6.02. The lowest BCUT2D eigenvalue weighted by molar-refractivity contribution is 0.407. The number of aliphatic hydroxyl groups is 1. The van der Waals surface area contributed by atoms with E-state index in [0.717, 1.165) is 39.1 Å². The molecule has 0 spiro atoms. The molecule has 0 saturated heterocycles. The number of hydrogen-bond donors (Lipinski definition) is 1. The summed E-state index contributed by atoms with van der Waals surface area (Å²) in [6, 6.07) is 54.8. The van der Waals surface area contributed by atoms with Gasteiger partial charge < -0.3 is 5.11 Å². The molecule has 0 aliphatic carbocycles. The monoisotopic (exact) mass is 581 g/mol. The van der Waals surface area contributed by atoms with E-state index in [9.17, 15) is 5.11 Å². The molecule has 0 fully saturated rings. The van der Waals surface area contributed by atoms with E-state index in [1.165, 1.54) is 22.3 Å². The second kappa shape index (κ2) is 13.7. The van der Waals surface area contributed by atoms with Gasteiger partial charge >= 0.3 is 0 Å². The average molecular weight is 582 g/mol. The molecular weight excluding hydrogens is 546 g/mol. The van der Waals surface area contributed by atoms with Gasteiger partial charge in [0.25, 0.3) is 0 Å². The van der Waals surface area contributed by atoms with Crippen molar-refractivity contribution >= 4 is 11.3 Å². The predicted octanol–water partition coefficient (Wildman–Crippen LogP) is 11.7. The Labute approximate surface area is 266 Å². The topological polar surface area (TPSA) is 32.6 Å². The minimum absolute atomic E-state index is 0.0550. The Morgan fingerprint density at radius 2 is 0.911 bits per heavy atom. The van der Waals surface area contributed by atoms with E-state index in [4.69, 9.17) is 0 Å². The van der Waals surface area contributed by atoms with Gasteiger partial charge in [0.2, 0.25) is 5.88 Å². The zero-order valence-electron chi connectivity index (χ0n) is 25.4. The van der Waals surface area contributed by atoms with Crippen LogP contribution in [-0.4, -0.2) is 10.8 Å². The first-order valence-corrected chi connectivity index (χ1v) is 15.3. The van der Waals surface area contributed by atoms with Crippen LogP contribution in [0.1, 0.15) is 24.5 Å². The minimum Gasteiger partial charge on any atom is -0.493 e. The van der Waals surface area contributed by atoms with Gasteiger partial charge in [-0.1, -0.05) is 141 Å². The lowest BCUT2D eigenvalue weighted by Gasteiger charge is -2.13. The highest BCUT2D eigenvalue weighted by Gasteiger charge is 2.10. The summed E-state index contributed by atoms with van der Waals surface area (Å²) in [5, 5.41) is 10.7. The van der Waals surface area contributed by atoms with Gasteiger partial charge in [0.05, 0.1) is 5.71 Å². The van der Waals surface area contributed by atoms with E-state index in [0.29, 0.717) is 12.0 Å². The maximum Gasteiger partial charge on any atom is 0.211 e. The molecule has 0 bridgehead atoms. The van der Waals surface area contributed by atoms with E-state index in [1.807, 2.05) is 36.4 Å². The van der Waals surface area contributed by atoms with Crippen molar-refractivity contribution in [2.45, 2.75) is 13.3 Å². The number of allylic oxidation sites excluding steroid dienone is 2. The summed E-state index contributed by atoms with van der Waals surface area (Å²) < 4.78 is 0. The van der Waals surface area contributed by atoms with Gasteiger partial charge in [0.15, 0.2) is 0 Å². The van der Waals surface area contributed by atoms with E-state index in [1.54, 1.807) is 6.08 Å². The second-order valence-corrected chi connectivity index (χ2v) is 11.0. The van der Waals surface area contributed by atoms with Crippen molar-refractivity contribution in [3.05, 3.63) is 187 Å². The molecule has 6 rings (SSSR count). The molecule has 0 heterocycles. The number of aliphatic imine (C=N–C) groups is 1. The van der Waals surface area contributed by atoms with Crippen LogP contribution < -0.4 is 0 Å². The molecule has 0 radical (unpaired) electrons. The Hall–Kier alpha value is -5.73. The molecule has 2 nitrogen and oxygen atoms in total. The smallest absolute Gasteiger partial charge is 0.211 e. The fraction of sp³-hybridized carbons (Fsp3) is 0.0465. The minimum atomic E-state index is -0.0550. The van der Waals surface area contributed by atoms with Gasteiger partial charge in [0.1, 0.15) is 0 Å². The first-order chi connectivity index (χ1) is 22.1. The maximum atomic E-state index is 10.7. The zero-order chi connectivity index (χ0) is 31.0. The Kier molecular flexibility index (Phi) is 8.94. The summed E-state index contributed by atoms with van der Waals surface area (Å²) in [4.78, 5) is 4.58. The SMILES string of the molecule is C=C(/C=C(O)\N=C(/CC)c1cccc(-c2cccc(-c3cc(-c4ccccc4)cc(-c4ccccc4)c3)c2)c1)c1ccccc1. The standard InChI is InChI=1S/C43H35NO/c1-3-42(44-43(45)25-31(2)32-15-7-4-8-16-32)38-24-14-22-36(27-38)35-21-13-23-37(26-35)41-29-39(33-17-9-5-10-18-33)28-40(30-41)34-19-11-6-12-20-34/h4-30,45H,2-3H2,1H3/b43-25+,44-42+. The molecule has 0 aliphatic rings. The van der Waals surface area contributed by atoms with Crippen LogP contribution in [0.3, 0.4) is 0 Å². The van der Waals surface area contributed by atoms with Crippen molar-refractivity contribution in [2.75, 3.05) is 0 Å². The highest BCUT2D eigenvalue weighted by atomic mass is 16.3. The summed E-state index contributed by atoms with van der Waals surface area (Å²) in [6.45, 7) is 6.15. The van der Waals surface area contributed by atoms with Gasteiger partial charge in [0, 0.05) is 6.08 Å². The largest absolute Gasteiger partial charge is 0.493 e. The Morgan fingerprint density at radius 1 is 0.511 bits per heavy atom. The Bertz CT molecular complexity index is 1930. The second-order valence-electron chi connectivity index (χ2n) is 11.0. The first-order valence-electron chi connectivity index (χ1n) is 15.3. The van der Waals surface area contributed by atoms with Crippen LogP contribution in [-0.2, 0) is 0 Å². The van der Waals surface area contributed by atoms with Gasteiger partial charge in [-0.25, -0.2) is 4.99 Å². The fourth-order valence-electron chi connectivity index (χ4n) is 5.56. The molecule has 2 heteroatoms. The molecule has 0 saturated carbocycles. The van der Waals surface area contributed by atoms with Crippen molar-refractivity contribution in [1.29, 1.82) is 0 Å². The molecule has 6 aromatic rings. The van der Waals surface area contributed by atoms with Crippen molar-refractivity contribution in [1.82, 2.24) is 0 Å². The first kappa shape index (κ1) is 29.3. The lowest BCUT2D eigenvalue weighted by Crippen LogP contribution is -2.00. The number of hydrogen-bond acceptors (Lipinski definition) is 2. The summed E-state index contributed by atoms with van der Waals surface area (Å²) in [7, 11) is 0. The molecule has 1 N–H and O–H groups in total. The van der Waals surface area contributed by atoms with Crippen molar-refractivity contribution in [3.63, 3.8) is 0 Å². The molecule has 0 unspecified atom stereocenters. The van der Waals surface area contributed by atoms with Crippen LogP contribution >= 0.6 is 0 Å². The number of aliphatic hydroxyl groups excluding tert-OH is 1. The summed E-state index contributed by atoms with van der Waals surface area (Å²) >= 11 is 0. The van der Waals surface area contributed by atoms with Gasteiger partial charge in [-0.3, -0.25) is 0 Å². The molecular formula is C43H35NO. The third kappa shape index (κ3) is 7.09. The van der Waals surface area contributed by atoms with E-state index >= 15 is 0 Å². The molecule has 218 valence electrons. The Balaban J connectivity index is 1.34. The lowest BCUT2D eigenvalue weighted by atomic mass is 9.92. The molecule has 0 aliphatic heterocycles. The summed E-state index contributed by atoms with van der Waals surface area (Å²) in [6.07, 6.45) is 2.29. The third-order valence-corrected chi connectivity index (χ3v) is 7.90. The van der Waals surface area contributed by atoms with Gasteiger partial charge in [-0.2, -0.15) is 0 Å². The molecule has 6 aromatic carbocycles. The molecule has 0 atom stereocenters. The average Bonchev–Trinajstić information content (AvgIpc) is 3.11. The van der Waals surface area contributed by atoms with E-state index < -0.39 is 0 Å². The van der Waals surface area contributed by atoms with Crippen LogP contribution in [0.2, 0.25) is 0 Å². The number of benzene rings is 6. The fourth-order valence-corrected chi connectivity index (χ4v) is 5.56. The van der Waals surface area contributed by atoms with Crippen LogP contribution in [0.25, 0.3) is 50.1 Å². The quantitative estimate of drug-likeness (QED) is 0.103. The molecule has 0 amide bonds. The summed E-state index contributed by atoms with van der Waals surface area (Å²) in [5.41, 5.74) is 12.7. The van der Waals surface area contributed by atoms with Gasteiger partial charge in [-0.15, -0.1) is 0 Å². The van der Waals surface area contributed by atoms with Crippen LogP contribution in [0.5, 0.6) is 0 Å². The van der Waals surface area contributed by atoms with Crippen LogP contribution in [0, 0.1) is 0 Å². The summed E-state index contributed by atoms with van der Waals surface area (Å²) in [5.74, 6) is -0.0550. The molecule has 0 aromatic heterocycles. The predicted molar refractivity (Wildman–Crippen MR) is 191 cm³/mol. The number of nitrogens with zero attached hydrogens (tertiary/aromatic N) is 1. The Morgan fingerprint density at radius 3 is 1.47 bits per heavy atom. The van der Waals surface area contributed by atoms with Crippen LogP contribution in [0.4, 0.5) is 0 Å². The van der Waals surface area contributed by atoms with Gasteiger partial charge in [-0.05, 0) is 98.0 Å². The van der Waals surface area contributed by atoms with Crippen molar-refractivity contribution < 1.29 is 5.11 Å². The number of rotatable bonds is 9. The zero-order valence-corrected chi connectivity index (χ0v) is 25.4. The highest BCUT2D eigenvalue weighted by Crippen LogP contribution is 2.34.